The van der Waals surface area contributed by atoms with Crippen molar-refractivity contribution in [2.75, 3.05) is 39.4 Å². The second kappa shape index (κ2) is 15.8. The first-order valence-corrected chi connectivity index (χ1v) is 15.8. The number of benzene rings is 2. The SMILES string of the molecule is CCOC(O)N1CC=C(c2cnc(-c3ccc(F)cc3)[nH]2)CC1.CCOC(O)N1CCC(O)(c2cnc(-c3ccc(F)cc3)[nH]2)CC1. The van der Waals surface area contributed by atoms with E-state index in [1.807, 2.05) is 18.7 Å². The van der Waals surface area contributed by atoms with E-state index in [9.17, 15) is 24.1 Å². The second-order valence-corrected chi connectivity index (χ2v) is 11.4. The molecule has 5 N–H and O–H groups in total. The van der Waals surface area contributed by atoms with E-state index in [1.54, 1.807) is 41.6 Å². The number of piperidine rings is 1. The van der Waals surface area contributed by atoms with E-state index < -0.39 is 18.4 Å². The summed E-state index contributed by atoms with van der Waals surface area (Å²) < 4.78 is 36.4. The fraction of sp³-hybridized carbons (Fsp3) is 0.412. The van der Waals surface area contributed by atoms with E-state index in [4.69, 9.17) is 9.47 Å². The first-order valence-electron chi connectivity index (χ1n) is 15.8. The molecule has 0 spiro atoms. The zero-order valence-electron chi connectivity index (χ0n) is 26.6. The van der Waals surface area contributed by atoms with Crippen molar-refractivity contribution < 1.29 is 33.6 Å². The molecule has 11 nitrogen and oxygen atoms in total. The third-order valence-corrected chi connectivity index (χ3v) is 8.36. The molecule has 2 unspecified atom stereocenters. The van der Waals surface area contributed by atoms with Gasteiger partial charge in [0.15, 0.2) is 0 Å². The fourth-order valence-electron chi connectivity index (χ4n) is 5.57. The maximum atomic E-state index is 13.0. The number of aliphatic hydroxyl groups excluding tert-OH is 2. The number of H-pyrrole nitrogens is 2. The van der Waals surface area contributed by atoms with Crippen LogP contribution in [0.3, 0.4) is 0 Å². The Morgan fingerprint density at radius 2 is 1.32 bits per heavy atom. The average molecular weight is 653 g/mol. The van der Waals surface area contributed by atoms with Gasteiger partial charge in [-0.25, -0.2) is 18.7 Å². The number of aliphatic hydroxyl groups is 3. The quantitative estimate of drug-likeness (QED) is 0.157. The van der Waals surface area contributed by atoms with Crippen LogP contribution in [0, 0.1) is 11.6 Å². The second-order valence-electron chi connectivity index (χ2n) is 11.4. The molecule has 2 aliphatic rings. The molecule has 6 rings (SSSR count). The summed E-state index contributed by atoms with van der Waals surface area (Å²) in [6, 6.07) is 12.3. The lowest BCUT2D eigenvalue weighted by molar-refractivity contribution is -0.207. The fourth-order valence-corrected chi connectivity index (χ4v) is 5.57. The highest BCUT2D eigenvalue weighted by molar-refractivity contribution is 5.66. The third kappa shape index (κ3) is 8.76. The molecule has 2 aromatic heterocycles. The van der Waals surface area contributed by atoms with Crippen LogP contribution in [0.15, 0.2) is 67.0 Å². The van der Waals surface area contributed by atoms with Gasteiger partial charge in [-0.1, -0.05) is 6.08 Å². The van der Waals surface area contributed by atoms with E-state index >= 15 is 0 Å². The Hall–Kier alpha value is -3.82. The van der Waals surface area contributed by atoms with Crippen LogP contribution in [0.4, 0.5) is 8.78 Å². The topological polar surface area (TPSA) is 143 Å². The zero-order valence-corrected chi connectivity index (χ0v) is 26.6. The number of likely N-dealkylation sites (tertiary alicyclic amines) is 1. The zero-order chi connectivity index (χ0) is 33.4. The molecule has 1 fully saturated rings. The molecule has 0 saturated carbocycles. The van der Waals surface area contributed by atoms with Crippen molar-refractivity contribution in [3.8, 4) is 22.8 Å². The van der Waals surface area contributed by atoms with Gasteiger partial charge in [-0.2, -0.15) is 0 Å². The number of halogens is 2. The summed E-state index contributed by atoms with van der Waals surface area (Å²) >= 11 is 0. The first kappa shape index (κ1) is 34.5. The largest absolute Gasteiger partial charge is 0.383 e. The van der Waals surface area contributed by atoms with Crippen LogP contribution in [0.1, 0.15) is 44.5 Å². The van der Waals surface area contributed by atoms with Crippen LogP contribution in [0.2, 0.25) is 0 Å². The van der Waals surface area contributed by atoms with Gasteiger partial charge in [-0.3, -0.25) is 9.80 Å². The minimum Gasteiger partial charge on any atom is -0.383 e. The number of hydrogen-bond donors (Lipinski definition) is 5. The van der Waals surface area contributed by atoms with Crippen molar-refractivity contribution in [3.63, 3.8) is 0 Å². The third-order valence-electron chi connectivity index (χ3n) is 8.36. The van der Waals surface area contributed by atoms with Crippen LogP contribution in [0.5, 0.6) is 0 Å². The normalized spacial score (nSPS) is 18.2. The Labute approximate surface area is 272 Å². The minimum atomic E-state index is -1.02. The van der Waals surface area contributed by atoms with Gasteiger partial charge in [0.05, 0.1) is 23.8 Å². The lowest BCUT2D eigenvalue weighted by Gasteiger charge is -2.39. The maximum Gasteiger partial charge on any atom is 0.216 e. The predicted octanol–water partition coefficient (Wildman–Crippen LogP) is 4.43. The van der Waals surface area contributed by atoms with Crippen LogP contribution in [-0.2, 0) is 15.1 Å². The van der Waals surface area contributed by atoms with Gasteiger partial charge in [-0.15, -0.1) is 0 Å². The highest BCUT2D eigenvalue weighted by atomic mass is 19.1. The Bertz CT molecular complexity index is 1580. The van der Waals surface area contributed by atoms with Gasteiger partial charge in [0, 0.05) is 50.5 Å². The molecular weight excluding hydrogens is 610 g/mol. The molecule has 0 bridgehead atoms. The van der Waals surface area contributed by atoms with Gasteiger partial charge in [-0.05, 0) is 87.2 Å². The Morgan fingerprint density at radius 1 is 0.787 bits per heavy atom. The van der Waals surface area contributed by atoms with E-state index in [-0.39, 0.29) is 11.6 Å². The van der Waals surface area contributed by atoms with Gasteiger partial charge < -0.3 is 34.8 Å². The number of imidazole rings is 2. The maximum absolute atomic E-state index is 13.0. The highest BCUT2D eigenvalue weighted by Gasteiger charge is 2.37. The van der Waals surface area contributed by atoms with Crippen molar-refractivity contribution >= 4 is 5.57 Å². The van der Waals surface area contributed by atoms with Crippen molar-refractivity contribution in [2.45, 2.75) is 51.5 Å². The summed E-state index contributed by atoms with van der Waals surface area (Å²) in [7, 11) is 0. The van der Waals surface area contributed by atoms with Crippen LogP contribution >= 0.6 is 0 Å². The molecule has 2 aliphatic heterocycles. The average Bonchev–Trinajstić information content (AvgIpc) is 3.78. The Balaban J connectivity index is 0.000000185. The number of rotatable bonds is 10. The number of nitrogens with zero attached hydrogens (tertiary/aromatic N) is 4. The molecular formula is C34H42F2N6O5. The molecule has 2 atom stereocenters. The monoisotopic (exact) mass is 652 g/mol. The molecule has 0 aliphatic carbocycles. The number of aromatic amines is 2. The van der Waals surface area contributed by atoms with Gasteiger partial charge in [0.25, 0.3) is 0 Å². The first-order chi connectivity index (χ1) is 22.7. The van der Waals surface area contributed by atoms with Crippen molar-refractivity contribution in [3.05, 3.63) is 90.0 Å². The lowest BCUT2D eigenvalue weighted by atomic mass is 9.89. The summed E-state index contributed by atoms with van der Waals surface area (Å²) in [6.45, 7) is 6.98. The lowest BCUT2D eigenvalue weighted by Crippen LogP contribution is -2.48. The van der Waals surface area contributed by atoms with Crippen LogP contribution in [0.25, 0.3) is 28.3 Å². The predicted molar refractivity (Wildman–Crippen MR) is 172 cm³/mol. The standard InChI is InChI=1S/C17H22FN3O3.C17H20FN3O2/c1-2-24-16(22)21-9-7-17(23,8-10-21)14-11-19-15(20-14)12-3-5-13(18)6-4-12;1-2-23-17(22)21-9-7-12(8-10-21)15-11-19-16(20-15)13-3-5-14(18)6-4-13/h3-6,11,16,22-23H,2,7-10H2,1H3,(H,19,20);3-7,11,17,22H,2,8-10H2,1H3,(H,19,20). The van der Waals surface area contributed by atoms with Gasteiger partial charge in [0.2, 0.25) is 12.8 Å². The van der Waals surface area contributed by atoms with E-state index in [1.165, 1.54) is 24.3 Å². The van der Waals surface area contributed by atoms with E-state index in [0.717, 1.165) is 41.2 Å². The molecule has 1 saturated heterocycles. The molecule has 4 aromatic rings. The van der Waals surface area contributed by atoms with Crippen molar-refractivity contribution in [2.24, 2.45) is 0 Å². The molecule has 2 aromatic carbocycles. The number of ether oxygens (including phenoxy) is 2. The number of aromatic nitrogens is 4. The van der Waals surface area contributed by atoms with Gasteiger partial charge in [0.1, 0.15) is 28.9 Å². The van der Waals surface area contributed by atoms with Crippen LogP contribution in [-0.4, -0.2) is 97.3 Å². The molecule has 0 amide bonds. The Morgan fingerprint density at radius 3 is 1.85 bits per heavy atom. The molecule has 4 heterocycles. The Kier molecular flexibility index (Phi) is 11.6. The van der Waals surface area contributed by atoms with Crippen molar-refractivity contribution in [1.82, 2.24) is 29.7 Å². The summed E-state index contributed by atoms with van der Waals surface area (Å²) in [5, 5.41) is 30.6. The van der Waals surface area contributed by atoms with Crippen LogP contribution < -0.4 is 0 Å². The summed E-state index contributed by atoms with van der Waals surface area (Å²) in [5.41, 5.74) is 3.33. The molecule has 0 radical (unpaired) electrons. The van der Waals surface area contributed by atoms with Gasteiger partial charge >= 0.3 is 0 Å². The van der Waals surface area contributed by atoms with E-state index in [0.29, 0.717) is 57.2 Å². The minimum absolute atomic E-state index is 0.261. The number of hydrogen-bond acceptors (Lipinski definition) is 9. The summed E-state index contributed by atoms with van der Waals surface area (Å²) in [5.74, 6) is 0.751. The number of nitrogens with one attached hydrogen (secondary N) is 2. The summed E-state index contributed by atoms with van der Waals surface area (Å²) in [6.07, 6.45) is 5.41. The summed E-state index contributed by atoms with van der Waals surface area (Å²) in [4.78, 5) is 18.7. The molecule has 252 valence electrons. The molecule has 47 heavy (non-hydrogen) atoms. The molecule has 13 heteroatoms. The highest BCUT2D eigenvalue weighted by Crippen LogP contribution is 2.33. The van der Waals surface area contributed by atoms with E-state index in [2.05, 4.69) is 26.0 Å². The smallest absolute Gasteiger partial charge is 0.216 e. The van der Waals surface area contributed by atoms with Crippen molar-refractivity contribution in [1.29, 1.82) is 0 Å².